The molecule has 0 saturated carbocycles. The summed E-state index contributed by atoms with van der Waals surface area (Å²) >= 11 is 0. The molecule has 3 nitrogen and oxygen atoms in total. The first kappa shape index (κ1) is 9.34. The van der Waals surface area contributed by atoms with E-state index in [1.165, 1.54) is 0 Å². The first-order valence-corrected chi connectivity index (χ1v) is 4.84. The highest BCUT2D eigenvalue weighted by molar-refractivity contribution is 5.46. The number of hydrogen-bond acceptors (Lipinski definition) is 3. The summed E-state index contributed by atoms with van der Waals surface area (Å²) in [5, 5.41) is 0. The molecular weight excluding hydrogens is 178 g/mol. The van der Waals surface area contributed by atoms with E-state index in [0.29, 0.717) is 12.5 Å². The number of rotatable bonds is 2. The summed E-state index contributed by atoms with van der Waals surface area (Å²) in [5.41, 5.74) is 6.78. The zero-order chi connectivity index (χ0) is 9.97. The second-order valence-electron chi connectivity index (χ2n) is 3.55. The van der Waals surface area contributed by atoms with Crippen LogP contribution in [0, 0.1) is 5.92 Å². The van der Waals surface area contributed by atoms with E-state index in [9.17, 15) is 0 Å². The maximum atomic E-state index is 5.63. The van der Waals surface area contributed by atoms with Crippen LogP contribution in [0.15, 0.2) is 18.2 Å². The Morgan fingerprint density at radius 1 is 1.57 bits per heavy atom. The maximum absolute atomic E-state index is 5.63. The van der Waals surface area contributed by atoms with Gasteiger partial charge in [-0.1, -0.05) is 6.07 Å². The number of fused-ring (bicyclic) bond motifs is 1. The van der Waals surface area contributed by atoms with Gasteiger partial charge in [0.1, 0.15) is 11.5 Å². The van der Waals surface area contributed by atoms with Crippen LogP contribution in [0.3, 0.4) is 0 Å². The highest BCUT2D eigenvalue weighted by Crippen LogP contribution is 2.33. The molecule has 3 heteroatoms. The molecule has 2 rings (SSSR count). The molecule has 0 amide bonds. The van der Waals surface area contributed by atoms with Crippen molar-refractivity contribution in [3.05, 3.63) is 23.8 Å². The van der Waals surface area contributed by atoms with Crippen molar-refractivity contribution in [2.24, 2.45) is 11.7 Å². The number of benzene rings is 1. The van der Waals surface area contributed by atoms with Gasteiger partial charge in [-0.3, -0.25) is 0 Å². The largest absolute Gasteiger partial charge is 0.496 e. The summed E-state index contributed by atoms with van der Waals surface area (Å²) in [6.07, 6.45) is 0.954. The van der Waals surface area contributed by atoms with E-state index < -0.39 is 0 Å². The Kier molecular flexibility index (Phi) is 2.59. The fraction of sp³-hybridized carbons (Fsp3) is 0.455. The molecule has 14 heavy (non-hydrogen) atoms. The molecule has 0 aromatic heterocycles. The van der Waals surface area contributed by atoms with Crippen LogP contribution in [0.4, 0.5) is 0 Å². The molecule has 2 N–H and O–H groups in total. The van der Waals surface area contributed by atoms with Gasteiger partial charge in [-0.25, -0.2) is 0 Å². The summed E-state index contributed by atoms with van der Waals surface area (Å²) < 4.78 is 10.9. The third-order valence-electron chi connectivity index (χ3n) is 2.61. The molecule has 1 aromatic carbocycles. The van der Waals surface area contributed by atoms with Crippen LogP contribution >= 0.6 is 0 Å². The van der Waals surface area contributed by atoms with Gasteiger partial charge >= 0.3 is 0 Å². The van der Waals surface area contributed by atoms with Crippen molar-refractivity contribution in [3.63, 3.8) is 0 Å². The monoisotopic (exact) mass is 193 g/mol. The number of hydrogen-bond donors (Lipinski definition) is 1. The molecule has 0 radical (unpaired) electrons. The quantitative estimate of drug-likeness (QED) is 0.767. The van der Waals surface area contributed by atoms with E-state index in [0.717, 1.165) is 30.1 Å². The Bertz CT molecular complexity index is 311. The zero-order valence-electron chi connectivity index (χ0n) is 8.32. The van der Waals surface area contributed by atoms with Gasteiger partial charge in [-0.2, -0.15) is 0 Å². The molecule has 0 fully saturated rings. The molecular formula is C11H15NO2. The molecule has 76 valence electrons. The minimum Gasteiger partial charge on any atom is -0.496 e. The Morgan fingerprint density at radius 3 is 3.14 bits per heavy atom. The molecule has 0 saturated heterocycles. The van der Waals surface area contributed by atoms with Crippen molar-refractivity contribution in [3.8, 4) is 11.5 Å². The first-order valence-electron chi connectivity index (χ1n) is 4.84. The van der Waals surface area contributed by atoms with Crippen molar-refractivity contribution < 1.29 is 9.47 Å². The van der Waals surface area contributed by atoms with E-state index in [-0.39, 0.29) is 0 Å². The third-order valence-corrected chi connectivity index (χ3v) is 2.61. The van der Waals surface area contributed by atoms with Gasteiger partial charge in [0, 0.05) is 11.5 Å². The molecule has 1 atom stereocenters. The van der Waals surface area contributed by atoms with Gasteiger partial charge in [-0.15, -0.1) is 0 Å². The lowest BCUT2D eigenvalue weighted by Crippen LogP contribution is -2.27. The molecule has 1 unspecified atom stereocenters. The average Bonchev–Trinajstić information content (AvgIpc) is 2.27. The fourth-order valence-corrected chi connectivity index (χ4v) is 1.78. The zero-order valence-corrected chi connectivity index (χ0v) is 8.32. The number of methoxy groups -OCH3 is 1. The van der Waals surface area contributed by atoms with Gasteiger partial charge < -0.3 is 15.2 Å². The van der Waals surface area contributed by atoms with Crippen molar-refractivity contribution >= 4 is 0 Å². The van der Waals surface area contributed by atoms with Crippen molar-refractivity contribution in [1.82, 2.24) is 0 Å². The standard InChI is InChI=1S/C11H15NO2/c1-13-10-3-2-4-11-9(10)5-8(6-12)7-14-11/h2-4,8H,5-7,12H2,1H3. The molecule has 1 heterocycles. The number of nitrogens with two attached hydrogens (primary N) is 1. The van der Waals surface area contributed by atoms with Crippen LogP contribution in [0.2, 0.25) is 0 Å². The summed E-state index contributed by atoms with van der Waals surface area (Å²) in [6, 6.07) is 5.88. The Morgan fingerprint density at radius 2 is 2.43 bits per heavy atom. The summed E-state index contributed by atoms with van der Waals surface area (Å²) in [6.45, 7) is 1.38. The lowest BCUT2D eigenvalue weighted by atomic mass is 9.96. The van der Waals surface area contributed by atoms with Crippen LogP contribution in [0.5, 0.6) is 11.5 Å². The second-order valence-corrected chi connectivity index (χ2v) is 3.55. The third kappa shape index (κ3) is 1.55. The molecule has 0 bridgehead atoms. The SMILES string of the molecule is COc1cccc2c1CC(CN)CO2. The van der Waals surface area contributed by atoms with E-state index in [1.54, 1.807) is 7.11 Å². The normalized spacial score (nSPS) is 19.7. The summed E-state index contributed by atoms with van der Waals surface area (Å²) in [4.78, 5) is 0. The van der Waals surface area contributed by atoms with Crippen molar-refractivity contribution in [2.45, 2.75) is 6.42 Å². The van der Waals surface area contributed by atoms with Gasteiger partial charge in [-0.05, 0) is 25.1 Å². The van der Waals surface area contributed by atoms with Crippen molar-refractivity contribution in [1.29, 1.82) is 0 Å². The lowest BCUT2D eigenvalue weighted by Gasteiger charge is -2.25. The maximum Gasteiger partial charge on any atom is 0.126 e. The van der Waals surface area contributed by atoms with Crippen LogP contribution in [-0.2, 0) is 6.42 Å². The summed E-state index contributed by atoms with van der Waals surface area (Å²) in [7, 11) is 1.68. The average molecular weight is 193 g/mol. The van der Waals surface area contributed by atoms with Gasteiger partial charge in [0.25, 0.3) is 0 Å². The van der Waals surface area contributed by atoms with E-state index in [2.05, 4.69) is 0 Å². The highest BCUT2D eigenvalue weighted by Gasteiger charge is 2.21. The smallest absolute Gasteiger partial charge is 0.126 e. The van der Waals surface area contributed by atoms with Gasteiger partial charge in [0.05, 0.1) is 13.7 Å². The van der Waals surface area contributed by atoms with Crippen LogP contribution in [0.1, 0.15) is 5.56 Å². The lowest BCUT2D eigenvalue weighted by molar-refractivity contribution is 0.222. The predicted molar refractivity (Wildman–Crippen MR) is 54.7 cm³/mol. The molecule has 0 spiro atoms. The van der Waals surface area contributed by atoms with E-state index >= 15 is 0 Å². The Balaban J connectivity index is 2.33. The molecule has 1 aliphatic heterocycles. The van der Waals surface area contributed by atoms with Crippen LogP contribution in [-0.4, -0.2) is 20.3 Å². The number of ether oxygens (including phenoxy) is 2. The minimum atomic E-state index is 0.416. The first-order chi connectivity index (χ1) is 6.85. The van der Waals surface area contributed by atoms with Gasteiger partial charge in [0.2, 0.25) is 0 Å². The Labute approximate surface area is 83.8 Å². The second kappa shape index (κ2) is 3.88. The highest BCUT2D eigenvalue weighted by atomic mass is 16.5. The van der Waals surface area contributed by atoms with E-state index in [4.69, 9.17) is 15.2 Å². The van der Waals surface area contributed by atoms with Crippen LogP contribution in [0.25, 0.3) is 0 Å². The molecule has 1 aromatic rings. The Hall–Kier alpha value is -1.22. The topological polar surface area (TPSA) is 44.5 Å². The minimum absolute atomic E-state index is 0.416. The molecule has 0 aliphatic carbocycles. The van der Waals surface area contributed by atoms with E-state index in [1.807, 2.05) is 18.2 Å². The van der Waals surface area contributed by atoms with Gasteiger partial charge in [0.15, 0.2) is 0 Å². The predicted octanol–water partition coefficient (Wildman–Crippen LogP) is 1.20. The molecule has 1 aliphatic rings. The summed E-state index contributed by atoms with van der Waals surface area (Å²) in [5.74, 6) is 2.26. The fourth-order valence-electron chi connectivity index (χ4n) is 1.78. The van der Waals surface area contributed by atoms with Crippen LogP contribution < -0.4 is 15.2 Å². The van der Waals surface area contributed by atoms with Crippen molar-refractivity contribution in [2.75, 3.05) is 20.3 Å².